The van der Waals surface area contributed by atoms with E-state index >= 15 is 0 Å². The van der Waals surface area contributed by atoms with Gasteiger partial charge in [0.25, 0.3) is 5.91 Å². The van der Waals surface area contributed by atoms with Crippen molar-refractivity contribution in [2.24, 2.45) is 0 Å². The van der Waals surface area contributed by atoms with Crippen LogP contribution in [0.4, 0.5) is 0 Å². The van der Waals surface area contributed by atoms with E-state index in [1.807, 2.05) is 6.92 Å². The number of hydrogen-bond donors (Lipinski definition) is 3. The fraction of sp³-hybridized carbons (Fsp3) is 0.500. The lowest BCUT2D eigenvalue weighted by Crippen LogP contribution is -2.43. The van der Waals surface area contributed by atoms with Gasteiger partial charge in [0.15, 0.2) is 6.04 Å². The van der Waals surface area contributed by atoms with Gasteiger partial charge < -0.3 is 15.5 Å². The molecule has 100 valence electrons. The predicted octanol–water partition coefficient (Wildman–Crippen LogP) is 1.18. The van der Waals surface area contributed by atoms with E-state index < -0.39 is 24.5 Å². The number of aryl methyl sites for hydroxylation is 2. The maximum absolute atomic E-state index is 11.8. The first-order valence-corrected chi connectivity index (χ1v) is 6.55. The topological polar surface area (TPSA) is 86.6 Å². The van der Waals surface area contributed by atoms with Gasteiger partial charge in [0, 0.05) is 4.88 Å². The molecule has 0 bridgehead atoms. The van der Waals surface area contributed by atoms with Gasteiger partial charge in [0.2, 0.25) is 0 Å². The third kappa shape index (κ3) is 3.54. The van der Waals surface area contributed by atoms with Crippen LogP contribution in [0.1, 0.15) is 33.5 Å². The van der Waals surface area contributed by atoms with Crippen molar-refractivity contribution in [3.8, 4) is 0 Å². The van der Waals surface area contributed by atoms with E-state index in [2.05, 4.69) is 12.2 Å². The molecular weight excluding hydrogens is 254 g/mol. The van der Waals surface area contributed by atoms with E-state index in [0.29, 0.717) is 4.88 Å². The van der Waals surface area contributed by atoms with Gasteiger partial charge in [0.05, 0.1) is 11.5 Å². The number of aliphatic carboxylic acids is 1. The van der Waals surface area contributed by atoms with Crippen molar-refractivity contribution in [3.63, 3.8) is 0 Å². The molecule has 0 spiro atoms. The molecule has 1 atom stereocenters. The van der Waals surface area contributed by atoms with E-state index in [1.54, 1.807) is 6.07 Å². The highest BCUT2D eigenvalue weighted by Gasteiger charge is 2.21. The molecule has 1 rings (SSSR count). The average molecular weight is 271 g/mol. The Morgan fingerprint density at radius 3 is 2.67 bits per heavy atom. The largest absolute Gasteiger partial charge is 0.480 e. The lowest BCUT2D eigenvalue weighted by molar-refractivity contribution is -0.140. The minimum Gasteiger partial charge on any atom is -0.480 e. The smallest absolute Gasteiger partial charge is 0.328 e. The Hall–Kier alpha value is -1.40. The first-order valence-electron chi connectivity index (χ1n) is 5.73. The monoisotopic (exact) mass is 271 g/mol. The molecule has 1 unspecified atom stereocenters. The summed E-state index contributed by atoms with van der Waals surface area (Å²) in [5.41, 5.74) is 1.11. The zero-order valence-electron chi connectivity index (χ0n) is 10.4. The first-order chi connectivity index (χ1) is 8.49. The summed E-state index contributed by atoms with van der Waals surface area (Å²) in [5, 5.41) is 19.9. The minimum absolute atomic E-state index is 0.452. The van der Waals surface area contributed by atoms with Crippen LogP contribution in [0.3, 0.4) is 0 Å². The quantitative estimate of drug-likeness (QED) is 0.725. The first kappa shape index (κ1) is 14.7. The number of carbonyl (C=O) groups excluding carboxylic acids is 1. The van der Waals surface area contributed by atoms with E-state index in [4.69, 9.17) is 10.2 Å². The van der Waals surface area contributed by atoms with Gasteiger partial charge in [-0.05, 0) is 25.0 Å². The molecule has 0 aliphatic rings. The summed E-state index contributed by atoms with van der Waals surface area (Å²) in [6.45, 7) is 3.38. The molecule has 0 aliphatic carbocycles. The standard InChI is InChI=1S/C12H17NO4S/c1-3-4-8-5-10(18-7(8)2)11(15)13-9(6-14)12(16)17/h5,9,14H,3-4,6H2,1-2H3,(H,13,15)(H,16,17). The second-order valence-electron chi connectivity index (χ2n) is 3.99. The number of carboxylic acid groups (broad SMARTS) is 1. The highest BCUT2D eigenvalue weighted by molar-refractivity contribution is 7.14. The van der Waals surface area contributed by atoms with E-state index in [-0.39, 0.29) is 0 Å². The number of aliphatic hydroxyl groups excluding tert-OH is 1. The molecule has 1 aromatic rings. The number of nitrogens with one attached hydrogen (secondary N) is 1. The van der Waals surface area contributed by atoms with Gasteiger partial charge in [-0.3, -0.25) is 4.79 Å². The Bertz CT molecular complexity index is 441. The average Bonchev–Trinajstić information content (AvgIpc) is 2.68. The fourth-order valence-electron chi connectivity index (χ4n) is 1.56. The third-order valence-corrected chi connectivity index (χ3v) is 3.64. The van der Waals surface area contributed by atoms with Crippen LogP contribution in [0, 0.1) is 6.92 Å². The van der Waals surface area contributed by atoms with Crippen LogP contribution in [-0.2, 0) is 11.2 Å². The number of hydrogen-bond acceptors (Lipinski definition) is 4. The number of carboxylic acids is 1. The molecule has 0 saturated carbocycles. The highest BCUT2D eigenvalue weighted by atomic mass is 32.1. The second-order valence-corrected chi connectivity index (χ2v) is 5.25. The van der Waals surface area contributed by atoms with Crippen LogP contribution in [-0.4, -0.2) is 34.7 Å². The van der Waals surface area contributed by atoms with Gasteiger partial charge >= 0.3 is 5.97 Å². The van der Waals surface area contributed by atoms with Gasteiger partial charge in [-0.1, -0.05) is 13.3 Å². The van der Waals surface area contributed by atoms with Gasteiger partial charge in [-0.2, -0.15) is 0 Å². The summed E-state index contributed by atoms with van der Waals surface area (Å²) in [6.07, 6.45) is 1.89. The predicted molar refractivity (Wildman–Crippen MR) is 69.0 cm³/mol. The molecule has 1 heterocycles. The van der Waals surface area contributed by atoms with Crippen LogP contribution in [0.15, 0.2) is 6.07 Å². The lowest BCUT2D eigenvalue weighted by Gasteiger charge is -2.10. The Labute approximate surface area is 109 Å². The Balaban J connectivity index is 2.78. The van der Waals surface area contributed by atoms with Crippen molar-refractivity contribution in [2.75, 3.05) is 6.61 Å². The molecule has 6 heteroatoms. The number of aliphatic hydroxyl groups is 1. The number of rotatable bonds is 6. The molecule has 0 radical (unpaired) electrons. The third-order valence-electron chi connectivity index (χ3n) is 2.55. The van der Waals surface area contributed by atoms with Crippen molar-refractivity contribution >= 4 is 23.2 Å². The Morgan fingerprint density at radius 1 is 1.50 bits per heavy atom. The number of carbonyl (C=O) groups is 2. The lowest BCUT2D eigenvalue weighted by atomic mass is 10.1. The second kappa shape index (κ2) is 6.51. The Kier molecular flexibility index (Phi) is 5.30. The Morgan fingerprint density at radius 2 is 2.17 bits per heavy atom. The number of thiophene rings is 1. The summed E-state index contributed by atoms with van der Waals surface area (Å²) in [7, 11) is 0. The van der Waals surface area contributed by atoms with E-state index in [1.165, 1.54) is 11.3 Å². The summed E-state index contributed by atoms with van der Waals surface area (Å²) >= 11 is 1.34. The highest BCUT2D eigenvalue weighted by Crippen LogP contribution is 2.22. The zero-order chi connectivity index (χ0) is 13.7. The van der Waals surface area contributed by atoms with Crippen molar-refractivity contribution in [1.29, 1.82) is 0 Å². The maximum Gasteiger partial charge on any atom is 0.328 e. The molecule has 0 aromatic carbocycles. The van der Waals surface area contributed by atoms with Crippen LogP contribution in [0.5, 0.6) is 0 Å². The van der Waals surface area contributed by atoms with E-state index in [0.717, 1.165) is 23.3 Å². The molecular formula is C12H17NO4S. The molecule has 5 nitrogen and oxygen atoms in total. The van der Waals surface area contributed by atoms with Crippen LogP contribution < -0.4 is 5.32 Å². The zero-order valence-corrected chi connectivity index (χ0v) is 11.2. The fourth-order valence-corrected chi connectivity index (χ4v) is 2.54. The van der Waals surface area contributed by atoms with Crippen molar-refractivity contribution in [2.45, 2.75) is 32.7 Å². The summed E-state index contributed by atoms with van der Waals surface area (Å²) in [6, 6.07) is 0.532. The molecule has 1 amide bonds. The summed E-state index contributed by atoms with van der Waals surface area (Å²) in [4.78, 5) is 24.1. The SMILES string of the molecule is CCCc1cc(C(=O)NC(CO)C(=O)O)sc1C. The van der Waals surface area contributed by atoms with Gasteiger partial charge in [0.1, 0.15) is 0 Å². The molecule has 18 heavy (non-hydrogen) atoms. The molecule has 3 N–H and O–H groups in total. The van der Waals surface area contributed by atoms with Gasteiger partial charge in [-0.25, -0.2) is 4.79 Å². The minimum atomic E-state index is -1.26. The van der Waals surface area contributed by atoms with Crippen LogP contribution >= 0.6 is 11.3 Å². The van der Waals surface area contributed by atoms with Crippen LogP contribution in [0.2, 0.25) is 0 Å². The molecule has 0 saturated heterocycles. The van der Waals surface area contributed by atoms with Crippen molar-refractivity contribution < 1.29 is 19.8 Å². The number of amides is 1. The summed E-state index contributed by atoms with van der Waals surface area (Å²) in [5.74, 6) is -1.69. The van der Waals surface area contributed by atoms with Crippen molar-refractivity contribution in [3.05, 3.63) is 21.4 Å². The normalized spacial score (nSPS) is 12.2. The maximum atomic E-state index is 11.8. The van der Waals surface area contributed by atoms with Crippen molar-refractivity contribution in [1.82, 2.24) is 5.32 Å². The molecule has 0 aliphatic heterocycles. The van der Waals surface area contributed by atoms with Crippen LogP contribution in [0.25, 0.3) is 0 Å². The van der Waals surface area contributed by atoms with Gasteiger partial charge in [-0.15, -0.1) is 11.3 Å². The van der Waals surface area contributed by atoms with E-state index in [9.17, 15) is 9.59 Å². The molecule has 1 aromatic heterocycles. The summed E-state index contributed by atoms with van der Waals surface area (Å²) < 4.78 is 0. The molecule has 0 fully saturated rings.